The van der Waals surface area contributed by atoms with E-state index in [1.54, 1.807) is 6.07 Å². The predicted octanol–water partition coefficient (Wildman–Crippen LogP) is 3.18. The van der Waals surface area contributed by atoms with Crippen LogP contribution in [0.25, 0.3) is 0 Å². The van der Waals surface area contributed by atoms with Crippen molar-refractivity contribution in [3.05, 3.63) is 45.1 Å². The first-order chi connectivity index (χ1) is 12.3. The van der Waals surface area contributed by atoms with E-state index < -0.39 is 10.0 Å². The van der Waals surface area contributed by atoms with E-state index in [-0.39, 0.29) is 43.0 Å². The Morgan fingerprint density at radius 2 is 1.96 bits per heavy atom. The molecule has 0 bridgehead atoms. The molecule has 0 spiro atoms. The van der Waals surface area contributed by atoms with Crippen LogP contribution in [0.4, 0.5) is 5.69 Å². The average Bonchev–Trinajstić information content (AvgIpc) is 3.17. The molecule has 1 aromatic heterocycles. The molecule has 3 rings (SSSR count). The lowest BCUT2D eigenvalue weighted by atomic mass is 10.1. The summed E-state index contributed by atoms with van der Waals surface area (Å²) in [6.07, 6.45) is 3.44. The molecule has 2 aromatic rings. The second kappa shape index (κ2) is 9.35. The molecule has 0 radical (unpaired) electrons. The minimum absolute atomic E-state index is 0. The van der Waals surface area contributed by atoms with Gasteiger partial charge >= 0.3 is 0 Å². The van der Waals surface area contributed by atoms with Crippen molar-refractivity contribution in [2.24, 2.45) is 10.7 Å². The third kappa shape index (κ3) is 5.66. The number of rotatable bonds is 6. The first-order valence-corrected chi connectivity index (χ1v) is 10.9. The molecule has 0 amide bonds. The van der Waals surface area contributed by atoms with E-state index in [1.807, 2.05) is 19.9 Å². The van der Waals surface area contributed by atoms with Gasteiger partial charge in [0.15, 0.2) is 5.96 Å². The number of anilines is 1. The molecule has 1 aliphatic carbocycles. The highest BCUT2D eigenvalue weighted by Crippen LogP contribution is 2.25. The number of aryl methyl sites for hydroxylation is 4. The molecular weight excluding hydrogens is 495 g/mol. The van der Waals surface area contributed by atoms with Gasteiger partial charge in [-0.2, -0.15) is 0 Å². The molecule has 27 heavy (non-hydrogen) atoms. The topological polar surface area (TPSA) is 96.6 Å². The normalized spacial score (nSPS) is 13.9. The Labute approximate surface area is 181 Å². The first kappa shape index (κ1) is 22.1. The van der Waals surface area contributed by atoms with Crippen LogP contribution in [-0.2, 0) is 22.9 Å². The number of nitrogens with zero attached hydrogens (tertiary/aromatic N) is 1. The van der Waals surface area contributed by atoms with E-state index in [0.717, 1.165) is 28.3 Å². The number of aliphatic imine (C=N–C) groups is 1. The van der Waals surface area contributed by atoms with E-state index in [2.05, 4.69) is 27.2 Å². The number of hydrogen-bond donors (Lipinski definition) is 3. The second-order valence-electron chi connectivity index (χ2n) is 6.40. The fourth-order valence-corrected chi connectivity index (χ4v) is 5.72. The van der Waals surface area contributed by atoms with Crippen LogP contribution in [0.2, 0.25) is 0 Å². The number of fused-ring (bicyclic) bond motifs is 1. The lowest BCUT2D eigenvalue weighted by Gasteiger charge is -2.08. The van der Waals surface area contributed by atoms with E-state index in [4.69, 9.17) is 5.73 Å². The SMILES string of the molecule is Cc1cc(S(=O)(=O)NCCN=C(N)Nc2ccc3c(c2)CCC3)c(C)s1.I. The van der Waals surface area contributed by atoms with E-state index >= 15 is 0 Å². The average molecular weight is 520 g/mol. The summed E-state index contributed by atoms with van der Waals surface area (Å²) in [5.41, 5.74) is 9.58. The Morgan fingerprint density at radius 3 is 2.67 bits per heavy atom. The summed E-state index contributed by atoms with van der Waals surface area (Å²) in [7, 11) is -3.50. The van der Waals surface area contributed by atoms with Crippen LogP contribution in [0.5, 0.6) is 0 Å². The largest absolute Gasteiger partial charge is 0.370 e. The standard InChI is InChI=1S/C18H24N4O2S2.HI/c1-12-10-17(13(2)25-12)26(23,24)21-9-8-20-18(19)22-16-7-6-14-4-3-5-15(14)11-16;/h6-7,10-11,21H,3-5,8-9H2,1-2H3,(H3,19,20,22);1H. The van der Waals surface area contributed by atoms with E-state index in [9.17, 15) is 8.42 Å². The highest BCUT2D eigenvalue weighted by atomic mass is 127. The molecule has 9 heteroatoms. The Bertz CT molecular complexity index is 939. The molecule has 0 aliphatic heterocycles. The van der Waals surface area contributed by atoms with Crippen LogP contribution in [0.15, 0.2) is 34.2 Å². The highest BCUT2D eigenvalue weighted by Gasteiger charge is 2.18. The number of halogens is 1. The summed E-state index contributed by atoms with van der Waals surface area (Å²) in [5, 5.41) is 3.07. The maximum atomic E-state index is 12.3. The zero-order valence-electron chi connectivity index (χ0n) is 15.4. The van der Waals surface area contributed by atoms with Gasteiger partial charge in [-0.15, -0.1) is 35.3 Å². The van der Waals surface area contributed by atoms with E-state index in [1.165, 1.54) is 28.9 Å². The van der Waals surface area contributed by atoms with Crippen molar-refractivity contribution >= 4 is 57.0 Å². The van der Waals surface area contributed by atoms with Crippen LogP contribution in [0.3, 0.4) is 0 Å². The van der Waals surface area contributed by atoms with Gasteiger partial charge in [0.2, 0.25) is 10.0 Å². The van der Waals surface area contributed by atoms with Crippen LogP contribution in [0, 0.1) is 13.8 Å². The second-order valence-corrected chi connectivity index (χ2v) is 9.60. The van der Waals surface area contributed by atoms with Crippen molar-refractivity contribution in [2.45, 2.75) is 38.0 Å². The monoisotopic (exact) mass is 520 g/mol. The van der Waals surface area contributed by atoms with Crippen molar-refractivity contribution in [1.82, 2.24) is 4.72 Å². The molecule has 1 aromatic carbocycles. The van der Waals surface area contributed by atoms with Crippen molar-refractivity contribution in [3.63, 3.8) is 0 Å². The summed E-state index contributed by atoms with van der Waals surface area (Å²) in [6.45, 7) is 4.17. The highest BCUT2D eigenvalue weighted by molar-refractivity contribution is 14.0. The van der Waals surface area contributed by atoms with Gasteiger partial charge in [-0.05, 0) is 62.4 Å². The molecule has 4 N–H and O–H groups in total. The zero-order valence-corrected chi connectivity index (χ0v) is 19.4. The van der Waals surface area contributed by atoms with Gasteiger partial charge in [-0.25, -0.2) is 13.1 Å². The molecule has 6 nitrogen and oxygen atoms in total. The van der Waals surface area contributed by atoms with Gasteiger partial charge in [-0.3, -0.25) is 4.99 Å². The van der Waals surface area contributed by atoms with Gasteiger partial charge in [0.1, 0.15) is 0 Å². The molecule has 0 fully saturated rings. The lowest BCUT2D eigenvalue weighted by Crippen LogP contribution is -2.28. The summed E-state index contributed by atoms with van der Waals surface area (Å²) >= 11 is 1.47. The summed E-state index contributed by atoms with van der Waals surface area (Å²) in [4.78, 5) is 6.30. The minimum atomic E-state index is -3.50. The number of hydrogen-bond acceptors (Lipinski definition) is 4. The summed E-state index contributed by atoms with van der Waals surface area (Å²) in [5.74, 6) is 0.282. The molecule has 1 heterocycles. The molecule has 0 saturated carbocycles. The van der Waals surface area contributed by atoms with Crippen LogP contribution < -0.4 is 15.8 Å². The molecule has 148 valence electrons. The maximum Gasteiger partial charge on any atom is 0.241 e. The molecule has 0 saturated heterocycles. The van der Waals surface area contributed by atoms with E-state index in [0.29, 0.717) is 4.90 Å². The van der Waals surface area contributed by atoms with Crippen LogP contribution >= 0.6 is 35.3 Å². The number of thiophene rings is 1. The Hall–Kier alpha value is -1.17. The van der Waals surface area contributed by atoms with Crippen molar-refractivity contribution in [3.8, 4) is 0 Å². The first-order valence-electron chi connectivity index (χ1n) is 8.60. The Balaban J connectivity index is 0.00000261. The number of sulfonamides is 1. The summed E-state index contributed by atoms with van der Waals surface area (Å²) in [6, 6.07) is 7.92. The molecular formula is C18H25IN4O2S2. The van der Waals surface area contributed by atoms with Crippen LogP contribution in [0.1, 0.15) is 27.3 Å². The molecule has 0 unspecified atom stereocenters. The smallest absolute Gasteiger partial charge is 0.241 e. The van der Waals surface area contributed by atoms with Crippen molar-refractivity contribution in [1.29, 1.82) is 0 Å². The van der Waals surface area contributed by atoms with Gasteiger partial charge in [0, 0.05) is 22.0 Å². The van der Waals surface area contributed by atoms with Crippen molar-refractivity contribution < 1.29 is 8.42 Å². The van der Waals surface area contributed by atoms with Gasteiger partial charge in [0.05, 0.1) is 11.4 Å². The number of nitrogens with two attached hydrogens (primary N) is 1. The maximum absolute atomic E-state index is 12.3. The van der Waals surface area contributed by atoms with Gasteiger partial charge < -0.3 is 11.1 Å². The predicted molar refractivity (Wildman–Crippen MR) is 123 cm³/mol. The third-order valence-corrected chi connectivity index (χ3v) is 7.02. The Morgan fingerprint density at radius 1 is 1.22 bits per heavy atom. The van der Waals surface area contributed by atoms with Gasteiger partial charge in [0.25, 0.3) is 0 Å². The summed E-state index contributed by atoms with van der Waals surface area (Å²) < 4.78 is 27.2. The zero-order chi connectivity index (χ0) is 18.7. The number of guanidine groups is 1. The van der Waals surface area contributed by atoms with Gasteiger partial charge in [-0.1, -0.05) is 6.07 Å². The minimum Gasteiger partial charge on any atom is -0.370 e. The Kier molecular flexibility index (Phi) is 7.66. The van der Waals surface area contributed by atoms with Crippen molar-refractivity contribution in [2.75, 3.05) is 18.4 Å². The third-order valence-electron chi connectivity index (χ3n) is 4.34. The van der Waals surface area contributed by atoms with Crippen LogP contribution in [-0.4, -0.2) is 27.5 Å². The number of benzene rings is 1. The fraction of sp³-hybridized carbons (Fsp3) is 0.389. The number of nitrogens with one attached hydrogen (secondary N) is 2. The quantitative estimate of drug-likeness (QED) is 0.236. The fourth-order valence-electron chi connectivity index (χ4n) is 3.15. The lowest BCUT2D eigenvalue weighted by molar-refractivity contribution is 0.582. The molecule has 1 aliphatic rings. The molecule has 0 atom stereocenters.